The number of nitrogens with one attached hydrogen (secondary N) is 1. The molecule has 1 atom stereocenters. The Morgan fingerprint density at radius 3 is 2.19 bits per heavy atom. The molecule has 2 aromatic rings. The molecule has 5 nitrogen and oxygen atoms in total. The molecule has 0 bridgehead atoms. The van der Waals surface area contributed by atoms with E-state index in [0.29, 0.717) is 13.0 Å². The number of hydrogen-bond acceptors (Lipinski definition) is 4. The molecule has 2 rings (SSSR count). The molecule has 0 aliphatic carbocycles. The number of nitrogens with zero attached hydrogens (tertiary/aromatic N) is 1. The number of carbonyl (C=O) groups is 2. The molecule has 0 aliphatic heterocycles. The molecular formula is C25H34N2O3S. The monoisotopic (exact) mass is 442 g/mol. The van der Waals surface area contributed by atoms with E-state index >= 15 is 0 Å². The van der Waals surface area contributed by atoms with Gasteiger partial charge < -0.3 is 15.0 Å². The van der Waals surface area contributed by atoms with Crippen LogP contribution in [0, 0.1) is 6.92 Å². The van der Waals surface area contributed by atoms with Crippen LogP contribution in [0.25, 0.3) is 0 Å². The van der Waals surface area contributed by atoms with Gasteiger partial charge in [-0.25, -0.2) is 0 Å². The summed E-state index contributed by atoms with van der Waals surface area (Å²) >= 11 is 1.49. The Morgan fingerprint density at radius 2 is 1.68 bits per heavy atom. The maximum absolute atomic E-state index is 13.3. The summed E-state index contributed by atoms with van der Waals surface area (Å²) in [6.07, 6.45) is 0.541. The number of methoxy groups -OCH3 is 1. The number of benzene rings is 2. The van der Waals surface area contributed by atoms with E-state index in [1.165, 1.54) is 17.3 Å². The van der Waals surface area contributed by atoms with E-state index in [1.54, 1.807) is 12.0 Å². The average Bonchev–Trinajstić information content (AvgIpc) is 2.72. The number of ether oxygens (including phenoxy) is 1. The fraction of sp³-hybridized carbons (Fsp3) is 0.440. The highest BCUT2D eigenvalue weighted by atomic mass is 32.2. The molecule has 6 heteroatoms. The van der Waals surface area contributed by atoms with Crippen molar-refractivity contribution in [2.45, 2.75) is 64.1 Å². The third kappa shape index (κ3) is 7.94. The number of aryl methyl sites for hydroxylation is 1. The van der Waals surface area contributed by atoms with Crippen molar-refractivity contribution in [3.05, 3.63) is 59.7 Å². The van der Waals surface area contributed by atoms with Crippen LogP contribution in [0.1, 0.15) is 45.2 Å². The van der Waals surface area contributed by atoms with Crippen molar-refractivity contribution in [2.75, 3.05) is 12.9 Å². The quantitative estimate of drug-likeness (QED) is 0.566. The number of hydrogen-bond donors (Lipinski definition) is 1. The molecular weight excluding hydrogens is 408 g/mol. The minimum Gasteiger partial charge on any atom is -0.497 e. The summed E-state index contributed by atoms with van der Waals surface area (Å²) < 4.78 is 5.23. The SMILES string of the molecule is CC[C@H](C(=O)NC(C)(C)C)N(Cc1ccc(OC)cc1)C(=O)CSc1ccc(C)cc1. The largest absolute Gasteiger partial charge is 0.497 e. The smallest absolute Gasteiger partial charge is 0.243 e. The fourth-order valence-corrected chi connectivity index (χ4v) is 3.95. The molecule has 1 N–H and O–H groups in total. The highest BCUT2D eigenvalue weighted by molar-refractivity contribution is 8.00. The van der Waals surface area contributed by atoms with E-state index in [9.17, 15) is 9.59 Å². The van der Waals surface area contributed by atoms with E-state index in [0.717, 1.165) is 16.2 Å². The van der Waals surface area contributed by atoms with E-state index in [4.69, 9.17) is 4.74 Å². The molecule has 0 heterocycles. The summed E-state index contributed by atoms with van der Waals surface area (Å²) in [6, 6.07) is 15.2. The van der Waals surface area contributed by atoms with Crippen LogP contribution < -0.4 is 10.1 Å². The van der Waals surface area contributed by atoms with Gasteiger partial charge in [0.1, 0.15) is 11.8 Å². The zero-order valence-electron chi connectivity index (χ0n) is 19.4. The first-order chi connectivity index (χ1) is 14.6. The maximum Gasteiger partial charge on any atom is 0.243 e. The second-order valence-corrected chi connectivity index (χ2v) is 9.68. The van der Waals surface area contributed by atoms with Gasteiger partial charge in [-0.2, -0.15) is 0 Å². The lowest BCUT2D eigenvalue weighted by molar-refractivity contribution is -0.140. The van der Waals surface area contributed by atoms with Crippen molar-refractivity contribution in [3.8, 4) is 5.75 Å². The van der Waals surface area contributed by atoms with Crippen LogP contribution in [0.15, 0.2) is 53.4 Å². The first-order valence-electron chi connectivity index (χ1n) is 10.6. The van der Waals surface area contributed by atoms with Crippen LogP contribution in [-0.2, 0) is 16.1 Å². The molecule has 2 aromatic carbocycles. The minimum absolute atomic E-state index is 0.0581. The van der Waals surface area contributed by atoms with E-state index in [1.807, 2.05) is 83.1 Å². The zero-order valence-corrected chi connectivity index (χ0v) is 20.2. The van der Waals surface area contributed by atoms with Crippen molar-refractivity contribution >= 4 is 23.6 Å². The Bertz CT molecular complexity index is 858. The molecule has 0 aliphatic rings. The van der Waals surface area contributed by atoms with Gasteiger partial charge in [0, 0.05) is 17.0 Å². The Hall–Kier alpha value is -2.47. The normalized spacial score (nSPS) is 12.2. The highest BCUT2D eigenvalue weighted by Crippen LogP contribution is 2.22. The topological polar surface area (TPSA) is 58.6 Å². The van der Waals surface area contributed by atoms with Gasteiger partial charge in [-0.1, -0.05) is 36.8 Å². The predicted molar refractivity (Wildman–Crippen MR) is 127 cm³/mol. The summed E-state index contributed by atoms with van der Waals surface area (Å²) in [5.41, 5.74) is 1.77. The number of thioether (sulfide) groups is 1. The zero-order chi connectivity index (χ0) is 23.0. The average molecular weight is 443 g/mol. The summed E-state index contributed by atoms with van der Waals surface area (Å²) in [6.45, 7) is 10.2. The van der Waals surface area contributed by atoms with E-state index in [-0.39, 0.29) is 23.1 Å². The van der Waals surface area contributed by atoms with Gasteiger partial charge in [-0.15, -0.1) is 11.8 Å². The Kier molecular flexibility index (Phi) is 8.99. The molecule has 0 unspecified atom stereocenters. The molecule has 31 heavy (non-hydrogen) atoms. The Labute approximate surface area is 190 Å². The summed E-state index contributed by atoms with van der Waals surface area (Å²) in [7, 11) is 1.62. The van der Waals surface area contributed by atoms with Crippen LogP contribution in [0.2, 0.25) is 0 Å². The van der Waals surface area contributed by atoms with Crippen molar-refractivity contribution in [3.63, 3.8) is 0 Å². The first-order valence-corrected chi connectivity index (χ1v) is 11.6. The van der Waals surface area contributed by atoms with Crippen LogP contribution >= 0.6 is 11.8 Å². The number of carbonyl (C=O) groups excluding carboxylic acids is 2. The number of rotatable bonds is 9. The van der Waals surface area contributed by atoms with Gasteiger partial charge in [-0.05, 0) is 63.9 Å². The van der Waals surface area contributed by atoms with Gasteiger partial charge in [0.25, 0.3) is 0 Å². The van der Waals surface area contributed by atoms with Crippen molar-refractivity contribution in [1.29, 1.82) is 0 Å². The lowest BCUT2D eigenvalue weighted by Gasteiger charge is -2.33. The molecule has 0 saturated carbocycles. The maximum atomic E-state index is 13.3. The van der Waals surface area contributed by atoms with Gasteiger partial charge in [0.15, 0.2) is 0 Å². The first kappa shape index (κ1) is 24.8. The van der Waals surface area contributed by atoms with Crippen LogP contribution in [0.4, 0.5) is 0 Å². The van der Waals surface area contributed by atoms with Gasteiger partial charge in [0.2, 0.25) is 11.8 Å². The van der Waals surface area contributed by atoms with Crippen molar-refractivity contribution < 1.29 is 14.3 Å². The van der Waals surface area contributed by atoms with Crippen molar-refractivity contribution in [2.24, 2.45) is 0 Å². The Morgan fingerprint density at radius 1 is 1.06 bits per heavy atom. The number of amides is 2. The molecule has 0 fully saturated rings. The molecule has 2 amide bonds. The lowest BCUT2D eigenvalue weighted by atomic mass is 10.1. The molecule has 0 aromatic heterocycles. The van der Waals surface area contributed by atoms with Crippen molar-refractivity contribution in [1.82, 2.24) is 10.2 Å². The highest BCUT2D eigenvalue weighted by Gasteiger charge is 2.30. The summed E-state index contributed by atoms with van der Waals surface area (Å²) in [5, 5.41) is 3.03. The third-order valence-electron chi connectivity index (χ3n) is 4.78. The molecule has 0 saturated heterocycles. The van der Waals surface area contributed by atoms with Gasteiger partial charge in [-0.3, -0.25) is 9.59 Å². The summed E-state index contributed by atoms with van der Waals surface area (Å²) in [5.74, 6) is 0.849. The van der Waals surface area contributed by atoms with Crippen LogP contribution in [0.5, 0.6) is 5.75 Å². The van der Waals surface area contributed by atoms with Gasteiger partial charge >= 0.3 is 0 Å². The van der Waals surface area contributed by atoms with Crippen LogP contribution in [-0.4, -0.2) is 41.2 Å². The minimum atomic E-state index is -0.535. The third-order valence-corrected chi connectivity index (χ3v) is 5.78. The standard InChI is InChI=1S/C25H34N2O3S/c1-7-22(24(29)26-25(3,4)5)27(16-19-10-12-20(30-6)13-11-19)23(28)17-31-21-14-8-18(2)9-15-21/h8-15,22H,7,16-17H2,1-6H3,(H,26,29)/t22-/m1/s1. The predicted octanol–water partition coefficient (Wildman–Crippen LogP) is 4.82. The van der Waals surface area contributed by atoms with Crippen LogP contribution in [0.3, 0.4) is 0 Å². The Balaban J connectivity index is 2.22. The van der Waals surface area contributed by atoms with Gasteiger partial charge in [0.05, 0.1) is 12.9 Å². The van der Waals surface area contributed by atoms with E-state index < -0.39 is 6.04 Å². The lowest BCUT2D eigenvalue weighted by Crippen LogP contribution is -2.53. The van der Waals surface area contributed by atoms with E-state index in [2.05, 4.69) is 5.32 Å². The molecule has 0 radical (unpaired) electrons. The fourth-order valence-electron chi connectivity index (χ4n) is 3.16. The second-order valence-electron chi connectivity index (χ2n) is 8.63. The summed E-state index contributed by atoms with van der Waals surface area (Å²) in [4.78, 5) is 29.0. The molecule has 168 valence electrons. The molecule has 0 spiro atoms. The second kappa shape index (κ2) is 11.2.